The Kier molecular flexibility index (Phi) is 3.69. The van der Waals surface area contributed by atoms with Crippen molar-refractivity contribution in [3.63, 3.8) is 0 Å². The van der Waals surface area contributed by atoms with Crippen molar-refractivity contribution in [3.05, 3.63) is 30.1 Å². The molecule has 0 aliphatic carbocycles. The number of benzene rings is 1. The summed E-state index contributed by atoms with van der Waals surface area (Å²) in [4.78, 5) is 1.86. The van der Waals surface area contributed by atoms with Gasteiger partial charge in [0.25, 0.3) is 0 Å². The molecule has 1 rings (SSSR count). The van der Waals surface area contributed by atoms with Gasteiger partial charge in [-0.2, -0.15) is 0 Å². The summed E-state index contributed by atoms with van der Waals surface area (Å²) in [5.41, 5.74) is 0.313. The molecule has 1 N–H and O–H groups in total. The average molecular weight is 211 g/mol. The molecule has 0 heterocycles. The van der Waals surface area contributed by atoms with E-state index < -0.39 is 0 Å². The van der Waals surface area contributed by atoms with Crippen LogP contribution in [0.15, 0.2) is 24.3 Å². The Morgan fingerprint density at radius 3 is 2.47 bits per heavy atom. The third-order valence-corrected chi connectivity index (χ3v) is 2.85. The average Bonchev–Trinajstić information content (AvgIpc) is 2.17. The summed E-state index contributed by atoms with van der Waals surface area (Å²) in [6, 6.07) is 6.67. The van der Waals surface area contributed by atoms with Crippen LogP contribution in [0, 0.1) is 5.82 Å². The van der Waals surface area contributed by atoms with Crippen LogP contribution in [-0.2, 0) is 0 Å². The van der Waals surface area contributed by atoms with Crippen LogP contribution >= 0.6 is 0 Å². The minimum absolute atomic E-state index is 0.103. The third-order valence-electron chi connectivity index (χ3n) is 2.85. The highest BCUT2D eigenvalue weighted by atomic mass is 19.1. The molecule has 0 spiro atoms. The van der Waals surface area contributed by atoms with E-state index in [-0.39, 0.29) is 18.0 Å². The molecule has 0 aliphatic rings. The second-order valence-electron chi connectivity index (χ2n) is 4.30. The Morgan fingerprint density at radius 1 is 1.33 bits per heavy atom. The first-order valence-corrected chi connectivity index (χ1v) is 5.08. The standard InChI is InChI=1S/C12H18FNO/c1-12(2,8-9-15)14(3)11-7-5-4-6-10(11)13/h4-7,15H,8-9H2,1-3H3. The van der Waals surface area contributed by atoms with E-state index in [1.54, 1.807) is 12.1 Å². The quantitative estimate of drug-likeness (QED) is 0.826. The van der Waals surface area contributed by atoms with Crippen LogP contribution in [0.25, 0.3) is 0 Å². The lowest BCUT2D eigenvalue weighted by molar-refractivity contribution is 0.250. The van der Waals surface area contributed by atoms with E-state index in [1.807, 2.05) is 31.9 Å². The summed E-state index contributed by atoms with van der Waals surface area (Å²) in [6.07, 6.45) is 0.609. The van der Waals surface area contributed by atoms with Crippen molar-refractivity contribution in [1.82, 2.24) is 0 Å². The van der Waals surface area contributed by atoms with Gasteiger partial charge in [0, 0.05) is 19.2 Å². The summed E-state index contributed by atoms with van der Waals surface area (Å²) >= 11 is 0. The van der Waals surface area contributed by atoms with Gasteiger partial charge >= 0.3 is 0 Å². The summed E-state index contributed by atoms with van der Waals surface area (Å²) in [5.74, 6) is -0.231. The first-order chi connectivity index (χ1) is 6.99. The summed E-state index contributed by atoms with van der Waals surface area (Å²) < 4.78 is 13.5. The van der Waals surface area contributed by atoms with Crippen LogP contribution in [0.1, 0.15) is 20.3 Å². The van der Waals surface area contributed by atoms with Gasteiger partial charge in [-0.15, -0.1) is 0 Å². The van der Waals surface area contributed by atoms with E-state index in [4.69, 9.17) is 5.11 Å². The molecule has 0 aliphatic heterocycles. The molecule has 3 heteroatoms. The first kappa shape index (κ1) is 12.0. The van der Waals surface area contributed by atoms with Crippen molar-refractivity contribution >= 4 is 5.69 Å². The van der Waals surface area contributed by atoms with Gasteiger partial charge in [0.15, 0.2) is 0 Å². The molecule has 0 unspecified atom stereocenters. The van der Waals surface area contributed by atoms with E-state index in [0.29, 0.717) is 12.1 Å². The predicted molar refractivity (Wildman–Crippen MR) is 60.6 cm³/mol. The van der Waals surface area contributed by atoms with E-state index in [2.05, 4.69) is 0 Å². The minimum Gasteiger partial charge on any atom is -0.396 e. The molecule has 0 saturated heterocycles. The van der Waals surface area contributed by atoms with Crippen LogP contribution < -0.4 is 4.90 Å². The molecule has 1 aromatic carbocycles. The molecular weight excluding hydrogens is 193 g/mol. The highest BCUT2D eigenvalue weighted by Gasteiger charge is 2.24. The fourth-order valence-corrected chi connectivity index (χ4v) is 1.49. The van der Waals surface area contributed by atoms with Crippen LogP contribution in [0.4, 0.5) is 10.1 Å². The molecule has 1 aromatic rings. The van der Waals surface area contributed by atoms with Crippen molar-refractivity contribution in [1.29, 1.82) is 0 Å². The second kappa shape index (κ2) is 4.62. The number of rotatable bonds is 4. The monoisotopic (exact) mass is 211 g/mol. The number of anilines is 1. The lowest BCUT2D eigenvalue weighted by Gasteiger charge is -2.37. The SMILES string of the molecule is CN(c1ccccc1F)C(C)(C)CCO. The largest absolute Gasteiger partial charge is 0.396 e. The van der Waals surface area contributed by atoms with Gasteiger partial charge in [-0.05, 0) is 32.4 Å². The van der Waals surface area contributed by atoms with E-state index in [0.717, 1.165) is 0 Å². The van der Waals surface area contributed by atoms with Gasteiger partial charge in [-0.25, -0.2) is 4.39 Å². The van der Waals surface area contributed by atoms with Crippen molar-refractivity contribution < 1.29 is 9.50 Å². The van der Waals surface area contributed by atoms with Gasteiger partial charge in [-0.1, -0.05) is 12.1 Å². The number of halogens is 1. The van der Waals surface area contributed by atoms with Gasteiger partial charge in [0.05, 0.1) is 5.69 Å². The topological polar surface area (TPSA) is 23.5 Å². The Hall–Kier alpha value is -1.09. The van der Waals surface area contributed by atoms with Gasteiger partial charge in [-0.3, -0.25) is 0 Å². The Morgan fingerprint density at radius 2 is 1.93 bits per heavy atom. The second-order valence-corrected chi connectivity index (χ2v) is 4.30. The van der Waals surface area contributed by atoms with E-state index in [1.165, 1.54) is 6.07 Å². The van der Waals surface area contributed by atoms with Crippen LogP contribution in [0.5, 0.6) is 0 Å². The lowest BCUT2D eigenvalue weighted by atomic mass is 9.98. The Bertz CT molecular complexity index is 325. The molecule has 84 valence electrons. The molecule has 0 aromatic heterocycles. The number of nitrogens with zero attached hydrogens (tertiary/aromatic N) is 1. The van der Waals surface area contributed by atoms with E-state index in [9.17, 15) is 4.39 Å². The Balaban J connectivity index is 2.93. The van der Waals surface area contributed by atoms with Crippen LogP contribution in [-0.4, -0.2) is 24.3 Å². The molecule has 2 nitrogen and oxygen atoms in total. The van der Waals surface area contributed by atoms with E-state index >= 15 is 0 Å². The molecule has 0 atom stereocenters. The number of aliphatic hydroxyl groups excluding tert-OH is 1. The molecule has 0 saturated carbocycles. The fourth-order valence-electron chi connectivity index (χ4n) is 1.49. The number of hydrogen-bond donors (Lipinski definition) is 1. The normalized spacial score (nSPS) is 11.5. The molecule has 0 fully saturated rings. The maximum atomic E-state index is 13.5. The zero-order valence-corrected chi connectivity index (χ0v) is 9.50. The van der Waals surface area contributed by atoms with Crippen molar-refractivity contribution in [2.75, 3.05) is 18.6 Å². The van der Waals surface area contributed by atoms with Gasteiger partial charge < -0.3 is 10.0 Å². The molecule has 0 amide bonds. The zero-order chi connectivity index (χ0) is 11.5. The minimum atomic E-state index is -0.253. The van der Waals surface area contributed by atoms with Gasteiger partial charge in [0.1, 0.15) is 5.82 Å². The number of hydrogen-bond acceptors (Lipinski definition) is 2. The third kappa shape index (κ3) is 2.69. The van der Waals surface area contributed by atoms with Crippen molar-refractivity contribution in [3.8, 4) is 0 Å². The Labute approximate surface area is 90.3 Å². The summed E-state index contributed by atoms with van der Waals surface area (Å²) in [7, 11) is 1.84. The summed E-state index contributed by atoms with van der Waals surface area (Å²) in [6.45, 7) is 4.07. The first-order valence-electron chi connectivity index (χ1n) is 5.08. The van der Waals surface area contributed by atoms with Gasteiger partial charge in [0.2, 0.25) is 0 Å². The van der Waals surface area contributed by atoms with Crippen LogP contribution in [0.3, 0.4) is 0 Å². The maximum absolute atomic E-state index is 13.5. The zero-order valence-electron chi connectivity index (χ0n) is 9.50. The predicted octanol–water partition coefficient (Wildman–Crippen LogP) is 2.42. The highest BCUT2D eigenvalue weighted by Crippen LogP contribution is 2.26. The molecular formula is C12H18FNO. The summed E-state index contributed by atoms with van der Waals surface area (Å²) in [5, 5.41) is 8.95. The lowest BCUT2D eigenvalue weighted by Crippen LogP contribution is -2.42. The van der Waals surface area contributed by atoms with Crippen molar-refractivity contribution in [2.24, 2.45) is 0 Å². The maximum Gasteiger partial charge on any atom is 0.146 e. The smallest absolute Gasteiger partial charge is 0.146 e. The highest BCUT2D eigenvalue weighted by molar-refractivity contribution is 5.49. The van der Waals surface area contributed by atoms with Crippen molar-refractivity contribution in [2.45, 2.75) is 25.8 Å². The van der Waals surface area contributed by atoms with Crippen LogP contribution in [0.2, 0.25) is 0 Å². The molecule has 0 bridgehead atoms. The number of para-hydroxylation sites is 1. The molecule has 0 radical (unpaired) electrons. The molecule has 15 heavy (non-hydrogen) atoms. The fraction of sp³-hybridized carbons (Fsp3) is 0.500. The number of aliphatic hydroxyl groups is 1.